The van der Waals surface area contributed by atoms with E-state index in [9.17, 15) is 15.0 Å². The summed E-state index contributed by atoms with van der Waals surface area (Å²) in [5, 5.41) is 20.2. The highest BCUT2D eigenvalue weighted by molar-refractivity contribution is 5.91. The van der Waals surface area contributed by atoms with Crippen molar-refractivity contribution in [3.63, 3.8) is 0 Å². The molecule has 19 heavy (non-hydrogen) atoms. The fourth-order valence-corrected chi connectivity index (χ4v) is 2.66. The normalized spacial score (nSPS) is 39.3. The van der Waals surface area contributed by atoms with Crippen molar-refractivity contribution in [3.05, 3.63) is 36.0 Å². The van der Waals surface area contributed by atoms with E-state index >= 15 is 0 Å². The Morgan fingerprint density at radius 1 is 1.37 bits per heavy atom. The van der Waals surface area contributed by atoms with Gasteiger partial charge in [-0.05, 0) is 37.8 Å². The van der Waals surface area contributed by atoms with Gasteiger partial charge in [-0.3, -0.25) is 0 Å². The predicted octanol–water partition coefficient (Wildman–Crippen LogP) is 1.49. The minimum atomic E-state index is -0.812. The Labute approximate surface area is 113 Å². The molecule has 0 radical (unpaired) electrons. The summed E-state index contributed by atoms with van der Waals surface area (Å²) < 4.78 is 5.25. The molecule has 4 heteroatoms. The molecule has 1 fully saturated rings. The third-order valence-electron chi connectivity index (χ3n) is 3.88. The first-order valence-electron chi connectivity index (χ1n) is 6.51. The fourth-order valence-electron chi connectivity index (χ4n) is 2.66. The molecule has 0 aromatic heterocycles. The molecule has 1 heterocycles. The van der Waals surface area contributed by atoms with Crippen molar-refractivity contribution < 1.29 is 19.7 Å². The van der Waals surface area contributed by atoms with E-state index in [0.717, 1.165) is 5.57 Å². The second-order valence-corrected chi connectivity index (χ2v) is 5.42. The Hall–Kier alpha value is -1.39. The van der Waals surface area contributed by atoms with Gasteiger partial charge in [-0.2, -0.15) is 0 Å². The van der Waals surface area contributed by atoms with Gasteiger partial charge in [-0.1, -0.05) is 18.7 Å². The lowest BCUT2D eigenvalue weighted by Gasteiger charge is -2.25. The van der Waals surface area contributed by atoms with E-state index in [4.69, 9.17) is 4.74 Å². The summed E-state index contributed by atoms with van der Waals surface area (Å²) >= 11 is 0. The van der Waals surface area contributed by atoms with Gasteiger partial charge in [0.2, 0.25) is 0 Å². The summed E-state index contributed by atoms with van der Waals surface area (Å²) in [5.41, 5.74) is 1.91. The second kappa shape index (κ2) is 5.31. The second-order valence-electron chi connectivity index (χ2n) is 5.42. The van der Waals surface area contributed by atoms with Crippen LogP contribution in [0.4, 0.5) is 0 Å². The molecule has 1 aliphatic heterocycles. The fraction of sp³-hybridized carbons (Fsp3) is 0.533. The van der Waals surface area contributed by atoms with Crippen LogP contribution in [0.1, 0.15) is 26.2 Å². The van der Waals surface area contributed by atoms with Gasteiger partial charge >= 0.3 is 5.97 Å². The summed E-state index contributed by atoms with van der Waals surface area (Å²) in [6, 6.07) is 0. The maximum atomic E-state index is 11.6. The smallest absolute Gasteiger partial charge is 0.334 e. The van der Waals surface area contributed by atoms with Crippen molar-refractivity contribution in [1.29, 1.82) is 0 Å². The zero-order valence-electron chi connectivity index (χ0n) is 11.1. The zero-order chi connectivity index (χ0) is 14.2. The van der Waals surface area contributed by atoms with Crippen LogP contribution in [0.3, 0.4) is 0 Å². The molecule has 4 nitrogen and oxygen atoms in total. The van der Waals surface area contributed by atoms with Gasteiger partial charge in [-0.25, -0.2) is 4.79 Å². The molecule has 0 bridgehead atoms. The van der Waals surface area contributed by atoms with Gasteiger partial charge in [0.05, 0.1) is 18.1 Å². The molecular weight excluding hydrogens is 244 g/mol. The number of hydrogen-bond acceptors (Lipinski definition) is 4. The maximum Gasteiger partial charge on any atom is 0.334 e. The molecule has 2 N–H and O–H groups in total. The monoisotopic (exact) mass is 264 g/mol. The van der Waals surface area contributed by atoms with Crippen molar-refractivity contribution in [1.82, 2.24) is 0 Å². The molecule has 0 aromatic rings. The van der Waals surface area contributed by atoms with Crippen LogP contribution in [0.2, 0.25) is 0 Å². The summed E-state index contributed by atoms with van der Waals surface area (Å²) in [6.07, 6.45) is 1.49. The Morgan fingerprint density at radius 3 is 2.74 bits per heavy atom. The molecule has 2 aliphatic rings. The molecule has 0 amide bonds. The molecule has 0 spiro atoms. The van der Waals surface area contributed by atoms with Crippen molar-refractivity contribution in [2.24, 2.45) is 5.92 Å². The van der Waals surface area contributed by atoms with E-state index in [2.05, 4.69) is 13.2 Å². The zero-order valence-corrected chi connectivity index (χ0v) is 11.1. The largest absolute Gasteiger partial charge is 0.454 e. The van der Waals surface area contributed by atoms with Crippen LogP contribution in [0.25, 0.3) is 0 Å². The lowest BCUT2D eigenvalue weighted by Crippen LogP contribution is -2.30. The molecule has 0 aromatic carbocycles. The van der Waals surface area contributed by atoms with Crippen LogP contribution in [0, 0.1) is 5.92 Å². The van der Waals surface area contributed by atoms with Crippen molar-refractivity contribution in [3.8, 4) is 0 Å². The number of rotatable bonds is 0. The van der Waals surface area contributed by atoms with E-state index in [1.54, 1.807) is 0 Å². The molecule has 2 rings (SSSR count). The van der Waals surface area contributed by atoms with Crippen molar-refractivity contribution in [2.45, 2.75) is 44.5 Å². The molecule has 1 saturated heterocycles. The molecule has 0 unspecified atom stereocenters. The molecular formula is C15H20O4. The minimum Gasteiger partial charge on any atom is -0.454 e. The van der Waals surface area contributed by atoms with Crippen LogP contribution < -0.4 is 0 Å². The van der Waals surface area contributed by atoms with E-state index in [1.807, 2.05) is 13.0 Å². The highest BCUT2D eigenvalue weighted by Gasteiger charge is 2.42. The first-order valence-corrected chi connectivity index (χ1v) is 6.51. The summed E-state index contributed by atoms with van der Waals surface area (Å²) in [5.74, 6) is -0.909. The van der Waals surface area contributed by atoms with Crippen LogP contribution in [0.5, 0.6) is 0 Å². The maximum absolute atomic E-state index is 11.6. The summed E-state index contributed by atoms with van der Waals surface area (Å²) in [7, 11) is 0. The van der Waals surface area contributed by atoms with Crippen LogP contribution in [0.15, 0.2) is 36.0 Å². The minimum absolute atomic E-state index is 0.255. The Bertz CT molecular complexity index is 449. The van der Waals surface area contributed by atoms with Crippen LogP contribution in [-0.4, -0.2) is 34.5 Å². The Morgan fingerprint density at radius 2 is 2.05 bits per heavy atom. The summed E-state index contributed by atoms with van der Waals surface area (Å²) in [6.45, 7) is 9.45. The number of carbonyl (C=O) groups excluding carboxylic acids is 1. The third kappa shape index (κ3) is 2.80. The third-order valence-corrected chi connectivity index (χ3v) is 3.88. The standard InChI is InChI=1S/C15H20O4/c1-8-4-5-11(16)9(2)7-12(17)14-10(3)15(18)19-13(14)6-8/h6,11-14,16-17H,2-5,7H2,1H3/b8-6+/t11-,12+,13-,14-/m1/s1. The Kier molecular flexibility index (Phi) is 3.92. The highest BCUT2D eigenvalue weighted by Crippen LogP contribution is 2.35. The first-order chi connectivity index (χ1) is 8.90. The number of aliphatic hydroxyl groups excluding tert-OH is 2. The van der Waals surface area contributed by atoms with Gasteiger partial charge in [0.1, 0.15) is 6.10 Å². The lowest BCUT2D eigenvalue weighted by molar-refractivity contribution is -0.137. The lowest BCUT2D eigenvalue weighted by atomic mass is 9.84. The van der Waals surface area contributed by atoms with Crippen LogP contribution in [-0.2, 0) is 9.53 Å². The molecule has 104 valence electrons. The number of carbonyl (C=O) groups is 1. The van der Waals surface area contributed by atoms with Gasteiger partial charge < -0.3 is 14.9 Å². The quantitative estimate of drug-likeness (QED) is 0.395. The number of aliphatic hydroxyl groups is 2. The molecule has 4 atom stereocenters. The number of hydrogen-bond donors (Lipinski definition) is 2. The molecule has 1 aliphatic carbocycles. The number of ether oxygens (including phenoxy) is 1. The average molecular weight is 264 g/mol. The summed E-state index contributed by atoms with van der Waals surface area (Å²) in [4.78, 5) is 11.6. The van der Waals surface area contributed by atoms with Gasteiger partial charge in [-0.15, -0.1) is 0 Å². The Balaban J connectivity index is 2.32. The predicted molar refractivity (Wildman–Crippen MR) is 71.3 cm³/mol. The van der Waals surface area contributed by atoms with E-state index < -0.39 is 30.2 Å². The van der Waals surface area contributed by atoms with E-state index in [-0.39, 0.29) is 6.42 Å². The van der Waals surface area contributed by atoms with Gasteiger partial charge in [0.15, 0.2) is 0 Å². The topological polar surface area (TPSA) is 66.8 Å². The van der Waals surface area contributed by atoms with Crippen LogP contribution >= 0.6 is 0 Å². The number of esters is 1. The number of fused-ring (bicyclic) bond motifs is 1. The SMILES string of the molecule is C=C1C(=O)O[C@@H]2/C=C(\C)CC[C@@H](O)C(=C)C[C@H](O)[C@@H]12. The first kappa shape index (κ1) is 14.0. The van der Waals surface area contributed by atoms with Crippen molar-refractivity contribution >= 4 is 5.97 Å². The van der Waals surface area contributed by atoms with E-state index in [0.29, 0.717) is 24.0 Å². The van der Waals surface area contributed by atoms with Crippen molar-refractivity contribution in [2.75, 3.05) is 0 Å². The molecule has 0 saturated carbocycles. The van der Waals surface area contributed by atoms with Gasteiger partial charge in [0.25, 0.3) is 0 Å². The average Bonchev–Trinajstić information content (AvgIpc) is 2.60. The highest BCUT2D eigenvalue weighted by atomic mass is 16.6. The van der Waals surface area contributed by atoms with E-state index in [1.165, 1.54) is 0 Å². The number of allylic oxidation sites excluding steroid dienone is 1. The van der Waals surface area contributed by atoms with Gasteiger partial charge in [0, 0.05) is 5.57 Å².